The van der Waals surface area contributed by atoms with Gasteiger partial charge in [-0.05, 0) is 31.0 Å². The predicted molar refractivity (Wildman–Crippen MR) is 74.2 cm³/mol. The van der Waals surface area contributed by atoms with Crippen LogP contribution < -0.4 is 5.32 Å². The van der Waals surface area contributed by atoms with Gasteiger partial charge in [-0.15, -0.1) is 12.4 Å². The first-order valence-electron chi connectivity index (χ1n) is 5.44. The van der Waals surface area contributed by atoms with Gasteiger partial charge in [0.15, 0.2) is 0 Å². The van der Waals surface area contributed by atoms with Gasteiger partial charge in [0.25, 0.3) is 0 Å². The van der Waals surface area contributed by atoms with Gasteiger partial charge in [-0.1, -0.05) is 17.7 Å². The third-order valence-corrected chi connectivity index (χ3v) is 4.71. The molecule has 0 amide bonds. The van der Waals surface area contributed by atoms with Gasteiger partial charge in [-0.25, -0.2) is 4.98 Å². The number of nitrogens with one attached hydrogen (secondary N) is 1. The molecule has 2 atom stereocenters. The van der Waals surface area contributed by atoms with Gasteiger partial charge in [0.1, 0.15) is 5.15 Å². The second-order valence-electron chi connectivity index (χ2n) is 3.98. The predicted octanol–water partition coefficient (Wildman–Crippen LogP) is 2.16. The van der Waals surface area contributed by atoms with Gasteiger partial charge >= 0.3 is 0 Å². The Morgan fingerprint density at radius 1 is 1.53 bits per heavy atom. The summed E-state index contributed by atoms with van der Waals surface area (Å²) in [5.74, 6) is 0.580. The highest BCUT2D eigenvalue weighted by Crippen LogP contribution is 2.14. The molecule has 0 bridgehead atoms. The normalized spacial score (nSPS) is 21.6. The van der Waals surface area contributed by atoms with Crippen molar-refractivity contribution < 1.29 is 4.21 Å². The van der Waals surface area contributed by atoms with Crippen LogP contribution in [0.25, 0.3) is 0 Å². The van der Waals surface area contributed by atoms with E-state index in [-0.39, 0.29) is 17.7 Å². The lowest BCUT2D eigenvalue weighted by atomic mass is 10.2. The van der Waals surface area contributed by atoms with Crippen LogP contribution in [0, 0.1) is 0 Å². The van der Waals surface area contributed by atoms with Gasteiger partial charge in [0, 0.05) is 28.8 Å². The molecule has 0 spiro atoms. The fourth-order valence-electron chi connectivity index (χ4n) is 1.82. The van der Waals surface area contributed by atoms with Crippen molar-refractivity contribution in [3.8, 4) is 0 Å². The zero-order valence-corrected chi connectivity index (χ0v) is 11.8. The molecule has 1 aliphatic rings. The number of rotatable bonds is 3. The second-order valence-corrected chi connectivity index (χ2v) is 6.09. The van der Waals surface area contributed by atoms with Crippen molar-refractivity contribution >= 4 is 34.8 Å². The number of hydrogen-bond donors (Lipinski definition) is 1. The summed E-state index contributed by atoms with van der Waals surface area (Å²) in [6.45, 7) is 1.92. The lowest BCUT2D eigenvalue weighted by Crippen LogP contribution is -2.36. The Balaban J connectivity index is 0.00000144. The molecule has 0 aliphatic carbocycles. The number of aromatic nitrogens is 1. The molecule has 1 saturated heterocycles. The maximum atomic E-state index is 12.1. The highest BCUT2D eigenvalue weighted by molar-refractivity contribution is 7.84. The standard InChI is InChI=1S/C11H15ClN2OS.ClH/c12-11-4-3-9(6-14-11)8-16(15)10-2-1-5-13-7-10;/h3-4,6,10,13H,1-2,5,7-8H2;1H. The lowest BCUT2D eigenvalue weighted by Gasteiger charge is -2.21. The van der Waals surface area contributed by atoms with Gasteiger partial charge in [0.05, 0.1) is 5.75 Å². The van der Waals surface area contributed by atoms with Crippen LogP contribution in [0.5, 0.6) is 0 Å². The zero-order chi connectivity index (χ0) is 11.4. The van der Waals surface area contributed by atoms with Crippen molar-refractivity contribution in [3.05, 3.63) is 29.0 Å². The van der Waals surface area contributed by atoms with Crippen molar-refractivity contribution in [1.29, 1.82) is 0 Å². The molecule has 6 heteroatoms. The SMILES string of the molecule is Cl.O=S(Cc1ccc(Cl)nc1)C1CCCNC1. The van der Waals surface area contributed by atoms with Gasteiger partial charge in [0.2, 0.25) is 0 Å². The third-order valence-electron chi connectivity index (χ3n) is 2.72. The quantitative estimate of drug-likeness (QED) is 0.869. The molecule has 0 aromatic carbocycles. The van der Waals surface area contributed by atoms with Gasteiger partial charge in [-0.3, -0.25) is 4.21 Å². The van der Waals surface area contributed by atoms with Crippen LogP contribution in [-0.4, -0.2) is 27.5 Å². The van der Waals surface area contributed by atoms with Crippen molar-refractivity contribution in [2.75, 3.05) is 13.1 Å². The fraction of sp³-hybridized carbons (Fsp3) is 0.545. The molecule has 0 saturated carbocycles. The molecule has 1 aromatic rings. The molecule has 17 heavy (non-hydrogen) atoms. The highest BCUT2D eigenvalue weighted by atomic mass is 35.5. The largest absolute Gasteiger partial charge is 0.316 e. The Morgan fingerprint density at radius 3 is 2.94 bits per heavy atom. The maximum Gasteiger partial charge on any atom is 0.129 e. The number of piperidine rings is 1. The molecule has 1 aliphatic heterocycles. The van der Waals surface area contributed by atoms with Crippen LogP contribution in [0.1, 0.15) is 18.4 Å². The summed E-state index contributed by atoms with van der Waals surface area (Å²) < 4.78 is 12.1. The van der Waals surface area contributed by atoms with E-state index in [0.717, 1.165) is 31.5 Å². The smallest absolute Gasteiger partial charge is 0.129 e. The number of pyridine rings is 1. The summed E-state index contributed by atoms with van der Waals surface area (Å²) in [5, 5.41) is 4.04. The van der Waals surface area contributed by atoms with E-state index in [2.05, 4.69) is 10.3 Å². The lowest BCUT2D eigenvalue weighted by molar-refractivity contribution is 0.519. The summed E-state index contributed by atoms with van der Waals surface area (Å²) in [5.41, 5.74) is 0.994. The Labute approximate surface area is 115 Å². The van der Waals surface area contributed by atoms with E-state index in [9.17, 15) is 4.21 Å². The van der Waals surface area contributed by atoms with Crippen LogP contribution in [0.4, 0.5) is 0 Å². The molecular formula is C11H16Cl2N2OS. The Hall–Kier alpha value is -0.160. The average Bonchev–Trinajstić information content (AvgIpc) is 2.33. The van der Waals surface area contributed by atoms with E-state index in [0.29, 0.717) is 10.9 Å². The van der Waals surface area contributed by atoms with Crippen molar-refractivity contribution in [2.45, 2.75) is 23.8 Å². The number of hydrogen-bond acceptors (Lipinski definition) is 3. The van der Waals surface area contributed by atoms with Crippen molar-refractivity contribution in [1.82, 2.24) is 10.3 Å². The Kier molecular flexibility index (Phi) is 6.41. The Morgan fingerprint density at radius 2 is 2.35 bits per heavy atom. The van der Waals surface area contributed by atoms with Gasteiger partial charge in [-0.2, -0.15) is 0 Å². The van der Waals surface area contributed by atoms with Crippen molar-refractivity contribution in [3.63, 3.8) is 0 Å². The van der Waals surface area contributed by atoms with E-state index >= 15 is 0 Å². The summed E-state index contributed by atoms with van der Waals surface area (Å²) in [7, 11) is -0.810. The third kappa shape index (κ3) is 4.54. The van der Waals surface area contributed by atoms with E-state index in [1.165, 1.54) is 0 Å². The van der Waals surface area contributed by atoms with Crippen LogP contribution in [0.3, 0.4) is 0 Å². The van der Waals surface area contributed by atoms with Crippen LogP contribution in [0.15, 0.2) is 18.3 Å². The summed E-state index contributed by atoms with van der Waals surface area (Å²) in [6.07, 6.45) is 3.88. The molecule has 1 aromatic heterocycles. The first-order valence-corrected chi connectivity index (χ1v) is 7.20. The highest BCUT2D eigenvalue weighted by Gasteiger charge is 2.19. The molecular weight excluding hydrogens is 279 g/mol. The van der Waals surface area contributed by atoms with E-state index in [4.69, 9.17) is 11.6 Å². The van der Waals surface area contributed by atoms with E-state index < -0.39 is 10.8 Å². The summed E-state index contributed by atoms with van der Waals surface area (Å²) >= 11 is 5.70. The van der Waals surface area contributed by atoms with Crippen LogP contribution in [0.2, 0.25) is 5.15 Å². The first-order chi connectivity index (χ1) is 7.75. The molecule has 96 valence electrons. The topological polar surface area (TPSA) is 42.0 Å². The maximum absolute atomic E-state index is 12.1. The molecule has 0 radical (unpaired) electrons. The molecule has 2 heterocycles. The van der Waals surface area contributed by atoms with Gasteiger partial charge < -0.3 is 5.32 Å². The fourth-order valence-corrected chi connectivity index (χ4v) is 3.40. The molecule has 2 unspecified atom stereocenters. The Bertz CT molecular complexity index is 366. The minimum atomic E-state index is -0.810. The van der Waals surface area contributed by atoms with Crippen LogP contribution in [-0.2, 0) is 16.6 Å². The average molecular weight is 295 g/mol. The zero-order valence-electron chi connectivity index (χ0n) is 9.39. The first kappa shape index (κ1) is 14.9. The molecule has 2 rings (SSSR count). The number of halogens is 2. The summed E-state index contributed by atoms with van der Waals surface area (Å²) in [6, 6.07) is 3.64. The minimum absolute atomic E-state index is 0. The number of nitrogens with zero attached hydrogens (tertiary/aromatic N) is 1. The molecule has 3 nitrogen and oxygen atoms in total. The molecule has 1 fully saturated rings. The molecule has 1 N–H and O–H groups in total. The van der Waals surface area contributed by atoms with E-state index in [1.807, 2.05) is 6.07 Å². The summed E-state index contributed by atoms with van der Waals surface area (Å²) in [4.78, 5) is 3.99. The van der Waals surface area contributed by atoms with Crippen molar-refractivity contribution in [2.24, 2.45) is 0 Å². The second kappa shape index (κ2) is 7.31. The van der Waals surface area contributed by atoms with E-state index in [1.54, 1.807) is 12.3 Å². The monoisotopic (exact) mass is 294 g/mol. The van der Waals surface area contributed by atoms with Crippen LogP contribution >= 0.6 is 24.0 Å². The minimum Gasteiger partial charge on any atom is -0.316 e.